The summed E-state index contributed by atoms with van der Waals surface area (Å²) in [6.45, 7) is 2.68. The lowest BCUT2D eigenvalue weighted by Crippen LogP contribution is -2.40. The number of H-pyrrole nitrogens is 1. The van der Waals surface area contributed by atoms with Crippen molar-refractivity contribution in [2.75, 3.05) is 6.54 Å². The third kappa shape index (κ3) is 3.19. The van der Waals surface area contributed by atoms with Crippen molar-refractivity contribution in [2.45, 2.75) is 19.4 Å². The number of amides is 1. The van der Waals surface area contributed by atoms with Gasteiger partial charge in [-0.15, -0.1) is 0 Å². The molecule has 1 unspecified atom stereocenters. The number of halogens is 2. The van der Waals surface area contributed by atoms with Crippen molar-refractivity contribution in [3.8, 4) is 0 Å². The molecule has 1 amide bonds. The number of benzene rings is 3. The number of nitrogens with one attached hydrogen (secondary N) is 1. The van der Waals surface area contributed by atoms with Gasteiger partial charge in [0.25, 0.3) is 5.91 Å². The van der Waals surface area contributed by atoms with E-state index in [1.807, 2.05) is 11.0 Å². The second kappa shape index (κ2) is 7.50. The molecule has 1 aliphatic rings. The van der Waals surface area contributed by atoms with Crippen LogP contribution in [0.2, 0.25) is 10.0 Å². The molecule has 0 fully saturated rings. The highest BCUT2D eigenvalue weighted by Gasteiger charge is 2.35. The van der Waals surface area contributed by atoms with Crippen molar-refractivity contribution >= 4 is 40.0 Å². The number of aromatic amines is 1. The summed E-state index contributed by atoms with van der Waals surface area (Å²) in [4.78, 5) is 19.1. The van der Waals surface area contributed by atoms with Gasteiger partial charge in [-0.3, -0.25) is 4.79 Å². The molecule has 5 rings (SSSR count). The molecular formula is C25H20Cl2N2O. The summed E-state index contributed by atoms with van der Waals surface area (Å²) in [6.07, 6.45) is 0.790. The van der Waals surface area contributed by atoms with Gasteiger partial charge in [-0.25, -0.2) is 0 Å². The van der Waals surface area contributed by atoms with Gasteiger partial charge in [0, 0.05) is 28.2 Å². The Bertz CT molecular complexity index is 1260. The van der Waals surface area contributed by atoms with Crippen LogP contribution in [-0.2, 0) is 6.42 Å². The lowest BCUT2D eigenvalue weighted by atomic mass is 9.91. The van der Waals surface area contributed by atoms with E-state index >= 15 is 0 Å². The second-order valence-corrected chi connectivity index (χ2v) is 8.59. The SMILES string of the molecule is Cc1ccc(C2c3[nH]c4ccccc4c3CCN2C(=O)c2ccc(Cl)cc2Cl)cc1. The molecular weight excluding hydrogens is 415 g/mol. The number of para-hydroxylation sites is 1. The standard InChI is InChI=1S/C25H20Cl2N2O/c1-15-6-8-16(9-7-15)24-23-19(18-4-2-3-5-22(18)28-23)12-13-29(24)25(30)20-11-10-17(26)14-21(20)27/h2-11,14,24,28H,12-13H2,1H3. The van der Waals surface area contributed by atoms with Gasteiger partial charge in [-0.1, -0.05) is 71.2 Å². The summed E-state index contributed by atoms with van der Waals surface area (Å²) in [5.74, 6) is -0.0912. The van der Waals surface area contributed by atoms with E-state index in [4.69, 9.17) is 23.2 Å². The number of nitrogens with zero attached hydrogens (tertiary/aromatic N) is 1. The predicted octanol–water partition coefficient (Wildman–Crippen LogP) is 6.57. The Kier molecular flexibility index (Phi) is 4.80. The Morgan fingerprint density at radius 2 is 1.80 bits per heavy atom. The van der Waals surface area contributed by atoms with Gasteiger partial charge in [-0.05, 0) is 48.7 Å². The van der Waals surface area contributed by atoms with Crippen molar-refractivity contribution in [3.05, 3.63) is 105 Å². The molecule has 0 saturated carbocycles. The topological polar surface area (TPSA) is 36.1 Å². The van der Waals surface area contributed by atoms with E-state index in [2.05, 4.69) is 54.4 Å². The minimum atomic E-state index is -0.207. The van der Waals surface area contributed by atoms with Gasteiger partial charge < -0.3 is 9.88 Å². The van der Waals surface area contributed by atoms with Gasteiger partial charge >= 0.3 is 0 Å². The first-order valence-electron chi connectivity index (χ1n) is 9.95. The van der Waals surface area contributed by atoms with Crippen LogP contribution in [0.1, 0.15) is 38.8 Å². The van der Waals surface area contributed by atoms with Crippen LogP contribution in [0.5, 0.6) is 0 Å². The number of aromatic nitrogens is 1. The zero-order chi connectivity index (χ0) is 20.8. The minimum Gasteiger partial charge on any atom is -0.356 e. The fourth-order valence-electron chi connectivity index (χ4n) is 4.37. The zero-order valence-electron chi connectivity index (χ0n) is 16.5. The largest absolute Gasteiger partial charge is 0.356 e. The van der Waals surface area contributed by atoms with E-state index in [1.165, 1.54) is 16.5 Å². The normalized spacial score (nSPS) is 16.0. The van der Waals surface area contributed by atoms with Crippen LogP contribution in [0.3, 0.4) is 0 Å². The predicted molar refractivity (Wildman–Crippen MR) is 123 cm³/mol. The van der Waals surface area contributed by atoms with Crippen molar-refractivity contribution in [3.63, 3.8) is 0 Å². The molecule has 1 N–H and O–H groups in total. The van der Waals surface area contributed by atoms with Crippen molar-refractivity contribution < 1.29 is 4.79 Å². The Morgan fingerprint density at radius 1 is 1.03 bits per heavy atom. The number of carbonyl (C=O) groups is 1. The first-order valence-corrected chi connectivity index (χ1v) is 10.7. The van der Waals surface area contributed by atoms with E-state index in [-0.39, 0.29) is 11.9 Å². The molecule has 2 heterocycles. The lowest BCUT2D eigenvalue weighted by Gasteiger charge is -2.36. The van der Waals surface area contributed by atoms with Crippen molar-refractivity contribution in [1.82, 2.24) is 9.88 Å². The van der Waals surface area contributed by atoms with Crippen LogP contribution >= 0.6 is 23.2 Å². The molecule has 150 valence electrons. The maximum Gasteiger partial charge on any atom is 0.256 e. The van der Waals surface area contributed by atoms with E-state index in [9.17, 15) is 4.79 Å². The highest BCUT2D eigenvalue weighted by molar-refractivity contribution is 6.36. The Labute approximate surface area is 185 Å². The van der Waals surface area contributed by atoms with Crippen molar-refractivity contribution in [1.29, 1.82) is 0 Å². The molecule has 0 aliphatic carbocycles. The summed E-state index contributed by atoms with van der Waals surface area (Å²) < 4.78 is 0. The summed E-state index contributed by atoms with van der Waals surface area (Å²) in [5, 5.41) is 2.11. The van der Waals surface area contributed by atoms with Crippen LogP contribution < -0.4 is 0 Å². The maximum atomic E-state index is 13.6. The van der Waals surface area contributed by atoms with Gasteiger partial charge in [0.15, 0.2) is 0 Å². The second-order valence-electron chi connectivity index (χ2n) is 7.75. The molecule has 0 saturated heterocycles. The molecule has 0 radical (unpaired) electrons. The third-order valence-electron chi connectivity index (χ3n) is 5.85. The molecule has 3 aromatic carbocycles. The summed E-state index contributed by atoms with van der Waals surface area (Å²) in [5.41, 5.74) is 6.18. The third-order valence-corrected chi connectivity index (χ3v) is 6.40. The molecule has 0 spiro atoms. The molecule has 5 heteroatoms. The fraction of sp³-hybridized carbons (Fsp3) is 0.160. The number of fused-ring (bicyclic) bond motifs is 3. The highest BCUT2D eigenvalue weighted by atomic mass is 35.5. The first-order chi connectivity index (χ1) is 14.5. The minimum absolute atomic E-state index is 0.0912. The van der Waals surface area contributed by atoms with Crippen molar-refractivity contribution in [2.24, 2.45) is 0 Å². The summed E-state index contributed by atoms with van der Waals surface area (Å²) in [7, 11) is 0. The molecule has 1 aromatic heterocycles. The molecule has 3 nitrogen and oxygen atoms in total. The molecule has 30 heavy (non-hydrogen) atoms. The average molecular weight is 435 g/mol. The fourth-order valence-corrected chi connectivity index (χ4v) is 4.86. The average Bonchev–Trinajstić information content (AvgIpc) is 3.12. The van der Waals surface area contributed by atoms with E-state index < -0.39 is 0 Å². The Balaban J connectivity index is 1.66. The van der Waals surface area contributed by atoms with Crippen LogP contribution in [0.4, 0.5) is 0 Å². The van der Waals surface area contributed by atoms with Gasteiger partial charge in [0.2, 0.25) is 0 Å². The van der Waals surface area contributed by atoms with Gasteiger partial charge in [0.05, 0.1) is 16.6 Å². The molecule has 4 aromatic rings. The number of hydrogen-bond donors (Lipinski definition) is 1. The van der Waals surface area contributed by atoms with Crippen LogP contribution in [0.15, 0.2) is 66.7 Å². The van der Waals surface area contributed by atoms with Crippen LogP contribution in [-0.4, -0.2) is 22.3 Å². The number of carbonyl (C=O) groups excluding carboxylic acids is 1. The van der Waals surface area contributed by atoms with E-state index in [0.717, 1.165) is 23.2 Å². The number of hydrogen-bond acceptors (Lipinski definition) is 1. The summed E-state index contributed by atoms with van der Waals surface area (Å²) >= 11 is 12.4. The van der Waals surface area contributed by atoms with Crippen LogP contribution in [0, 0.1) is 6.92 Å². The Hall–Kier alpha value is -2.75. The van der Waals surface area contributed by atoms with Crippen LogP contribution in [0.25, 0.3) is 10.9 Å². The lowest BCUT2D eigenvalue weighted by molar-refractivity contribution is 0.0692. The first kappa shape index (κ1) is 19.2. The Morgan fingerprint density at radius 3 is 2.57 bits per heavy atom. The highest BCUT2D eigenvalue weighted by Crippen LogP contribution is 2.39. The number of rotatable bonds is 2. The smallest absolute Gasteiger partial charge is 0.256 e. The van der Waals surface area contributed by atoms with E-state index in [0.29, 0.717) is 22.2 Å². The van der Waals surface area contributed by atoms with Gasteiger partial charge in [-0.2, -0.15) is 0 Å². The van der Waals surface area contributed by atoms with Gasteiger partial charge in [0.1, 0.15) is 0 Å². The molecule has 1 aliphatic heterocycles. The maximum absolute atomic E-state index is 13.6. The number of aryl methyl sites for hydroxylation is 1. The molecule has 1 atom stereocenters. The monoisotopic (exact) mass is 434 g/mol. The molecule has 0 bridgehead atoms. The summed E-state index contributed by atoms with van der Waals surface area (Å²) in [6, 6.07) is 21.5. The zero-order valence-corrected chi connectivity index (χ0v) is 18.0. The van der Waals surface area contributed by atoms with E-state index in [1.54, 1.807) is 18.2 Å². The quantitative estimate of drug-likeness (QED) is 0.380.